The van der Waals surface area contributed by atoms with Crippen molar-refractivity contribution in [3.63, 3.8) is 0 Å². The molecule has 0 saturated carbocycles. The summed E-state index contributed by atoms with van der Waals surface area (Å²) in [6.45, 7) is 8.92. The molecule has 0 bridgehead atoms. The van der Waals surface area contributed by atoms with Gasteiger partial charge in [-0.05, 0) is 19.8 Å². The summed E-state index contributed by atoms with van der Waals surface area (Å²) in [7, 11) is 0. The Morgan fingerprint density at radius 1 is 1.38 bits per heavy atom. The van der Waals surface area contributed by atoms with Gasteiger partial charge in [-0.25, -0.2) is 0 Å². The highest BCUT2D eigenvalue weighted by molar-refractivity contribution is 5.94. The van der Waals surface area contributed by atoms with Crippen LogP contribution in [-0.2, 0) is 17.7 Å². The van der Waals surface area contributed by atoms with Gasteiger partial charge in [0.2, 0.25) is 0 Å². The molecule has 6 heteroatoms. The van der Waals surface area contributed by atoms with Gasteiger partial charge in [0.25, 0.3) is 5.91 Å². The molecule has 0 unspecified atom stereocenters. The first-order chi connectivity index (χ1) is 10.2. The van der Waals surface area contributed by atoms with Gasteiger partial charge in [0, 0.05) is 37.8 Å². The highest BCUT2D eigenvalue weighted by Crippen LogP contribution is 2.23. The van der Waals surface area contributed by atoms with Crippen LogP contribution in [0.2, 0.25) is 0 Å². The maximum Gasteiger partial charge on any atom is 0.274 e. The van der Waals surface area contributed by atoms with Crippen LogP contribution in [0, 0.1) is 0 Å². The third kappa shape index (κ3) is 2.82. The van der Waals surface area contributed by atoms with Gasteiger partial charge in [-0.2, -0.15) is 5.10 Å². The van der Waals surface area contributed by atoms with E-state index in [0.29, 0.717) is 38.0 Å². The Bertz CT molecular complexity index is 508. The molecule has 3 heterocycles. The maximum atomic E-state index is 12.6. The smallest absolute Gasteiger partial charge is 0.274 e. The number of carbonyl (C=O) groups is 1. The number of amides is 1. The Labute approximate surface area is 125 Å². The van der Waals surface area contributed by atoms with E-state index in [1.165, 1.54) is 0 Å². The third-order valence-corrected chi connectivity index (χ3v) is 4.68. The number of ether oxygens (including phenoxy) is 1. The van der Waals surface area contributed by atoms with E-state index in [1.807, 2.05) is 4.90 Å². The van der Waals surface area contributed by atoms with Crippen molar-refractivity contribution in [2.24, 2.45) is 0 Å². The summed E-state index contributed by atoms with van der Waals surface area (Å²) < 4.78 is 5.30. The first-order valence-electron chi connectivity index (χ1n) is 7.88. The molecule has 1 saturated heterocycles. The number of rotatable bonds is 3. The summed E-state index contributed by atoms with van der Waals surface area (Å²) in [6.07, 6.45) is 2.05. The van der Waals surface area contributed by atoms with Crippen LogP contribution in [0.5, 0.6) is 0 Å². The molecule has 2 aliphatic rings. The van der Waals surface area contributed by atoms with E-state index in [4.69, 9.17) is 4.74 Å². The minimum Gasteiger partial charge on any atom is -0.378 e. The molecule has 0 aromatic carbocycles. The van der Waals surface area contributed by atoms with Crippen LogP contribution in [0.4, 0.5) is 0 Å². The average molecular weight is 292 g/mol. The zero-order valence-corrected chi connectivity index (χ0v) is 12.9. The van der Waals surface area contributed by atoms with Crippen molar-refractivity contribution in [3.05, 3.63) is 17.0 Å². The molecule has 1 fully saturated rings. The molecular formula is C15H24N4O2. The monoisotopic (exact) mass is 292 g/mol. The number of aromatic amines is 1. The molecule has 6 nitrogen and oxygen atoms in total. The Kier molecular flexibility index (Phi) is 4.26. The minimum atomic E-state index is 0.0489. The van der Waals surface area contributed by atoms with E-state index in [0.717, 1.165) is 37.2 Å². The summed E-state index contributed by atoms with van der Waals surface area (Å²) >= 11 is 0. The van der Waals surface area contributed by atoms with Gasteiger partial charge in [-0.1, -0.05) is 6.92 Å². The topological polar surface area (TPSA) is 61.5 Å². The third-order valence-electron chi connectivity index (χ3n) is 4.68. The lowest BCUT2D eigenvalue weighted by atomic mass is 10.0. The van der Waals surface area contributed by atoms with Crippen LogP contribution in [0.1, 0.15) is 42.0 Å². The van der Waals surface area contributed by atoms with Crippen molar-refractivity contribution in [2.75, 3.05) is 32.8 Å². The largest absolute Gasteiger partial charge is 0.378 e. The number of hydrogen-bond acceptors (Lipinski definition) is 4. The van der Waals surface area contributed by atoms with E-state index in [9.17, 15) is 4.79 Å². The molecule has 0 radical (unpaired) electrons. The molecule has 1 atom stereocenters. The molecule has 21 heavy (non-hydrogen) atoms. The molecule has 2 aliphatic heterocycles. The number of hydrogen-bond donors (Lipinski definition) is 1. The normalized spacial score (nSPS) is 21.1. The predicted octanol–water partition coefficient (Wildman–Crippen LogP) is 1.04. The van der Waals surface area contributed by atoms with Crippen molar-refractivity contribution in [2.45, 2.75) is 39.3 Å². The number of nitrogens with one attached hydrogen (secondary N) is 1. The van der Waals surface area contributed by atoms with Gasteiger partial charge in [0.15, 0.2) is 5.69 Å². The molecule has 1 amide bonds. The summed E-state index contributed by atoms with van der Waals surface area (Å²) in [6, 6.07) is 0.569. The van der Waals surface area contributed by atoms with Gasteiger partial charge in [0.1, 0.15) is 0 Å². The van der Waals surface area contributed by atoms with Crippen molar-refractivity contribution in [1.29, 1.82) is 0 Å². The van der Waals surface area contributed by atoms with E-state index >= 15 is 0 Å². The lowest BCUT2D eigenvalue weighted by Crippen LogP contribution is -2.42. The summed E-state index contributed by atoms with van der Waals surface area (Å²) in [5, 5.41) is 7.39. The first kappa shape index (κ1) is 14.5. The second-order valence-electron chi connectivity index (χ2n) is 5.91. The fourth-order valence-corrected chi connectivity index (χ4v) is 3.07. The maximum absolute atomic E-state index is 12.6. The van der Waals surface area contributed by atoms with Gasteiger partial charge in [0.05, 0.1) is 18.9 Å². The second kappa shape index (κ2) is 6.15. The summed E-state index contributed by atoms with van der Waals surface area (Å²) in [5.41, 5.74) is 2.85. The van der Waals surface area contributed by atoms with Gasteiger partial charge in [-0.3, -0.25) is 14.8 Å². The van der Waals surface area contributed by atoms with E-state index in [2.05, 4.69) is 28.9 Å². The lowest BCUT2D eigenvalue weighted by Gasteiger charge is -2.32. The van der Waals surface area contributed by atoms with E-state index in [-0.39, 0.29) is 5.91 Å². The van der Waals surface area contributed by atoms with E-state index < -0.39 is 0 Å². The first-order valence-corrected chi connectivity index (χ1v) is 7.88. The molecule has 1 aromatic rings. The number of fused-ring (bicyclic) bond motifs is 1. The molecule has 1 N–H and O–H groups in total. The van der Waals surface area contributed by atoms with Crippen molar-refractivity contribution in [1.82, 2.24) is 20.0 Å². The second-order valence-corrected chi connectivity index (χ2v) is 5.91. The average Bonchev–Trinajstić information content (AvgIpc) is 2.97. The molecule has 116 valence electrons. The number of H-pyrrole nitrogens is 1. The number of morpholine rings is 1. The zero-order valence-electron chi connectivity index (χ0n) is 12.9. The predicted molar refractivity (Wildman–Crippen MR) is 79.2 cm³/mol. The Balaban J connectivity index is 1.75. The van der Waals surface area contributed by atoms with Gasteiger partial charge < -0.3 is 9.64 Å². The fraction of sp³-hybridized carbons (Fsp3) is 0.733. The van der Waals surface area contributed by atoms with Crippen LogP contribution in [-0.4, -0.2) is 64.8 Å². The Morgan fingerprint density at radius 2 is 2.14 bits per heavy atom. The van der Waals surface area contributed by atoms with Crippen molar-refractivity contribution < 1.29 is 9.53 Å². The van der Waals surface area contributed by atoms with Crippen LogP contribution in [0.25, 0.3) is 0 Å². The van der Waals surface area contributed by atoms with Crippen LogP contribution in [0.3, 0.4) is 0 Å². The molecule has 0 spiro atoms. The van der Waals surface area contributed by atoms with E-state index in [1.54, 1.807) is 0 Å². The van der Waals surface area contributed by atoms with Crippen molar-refractivity contribution in [3.8, 4) is 0 Å². The molecule has 1 aromatic heterocycles. The minimum absolute atomic E-state index is 0.0489. The van der Waals surface area contributed by atoms with Crippen LogP contribution < -0.4 is 0 Å². The Morgan fingerprint density at radius 3 is 2.86 bits per heavy atom. The zero-order chi connectivity index (χ0) is 14.8. The molecule has 3 rings (SSSR count). The molecular weight excluding hydrogens is 268 g/mol. The van der Waals surface area contributed by atoms with Crippen molar-refractivity contribution >= 4 is 5.91 Å². The number of carbonyl (C=O) groups excluding carboxylic acids is 1. The van der Waals surface area contributed by atoms with Gasteiger partial charge in [-0.15, -0.1) is 0 Å². The highest BCUT2D eigenvalue weighted by atomic mass is 16.5. The SMILES string of the molecule is CC[C@@H](C)N1CCc2c(C(=O)N3CCOCC3)n[nH]c2C1. The fourth-order valence-electron chi connectivity index (χ4n) is 3.07. The standard InChI is InChI=1S/C15H24N4O2/c1-3-11(2)19-5-4-12-13(10-19)16-17-14(12)15(20)18-6-8-21-9-7-18/h11H,3-10H2,1-2H3,(H,16,17)/t11-/m1/s1. The quantitative estimate of drug-likeness (QED) is 0.904. The Hall–Kier alpha value is -1.40. The number of aromatic nitrogens is 2. The lowest BCUT2D eigenvalue weighted by molar-refractivity contribution is 0.0298. The summed E-state index contributed by atoms with van der Waals surface area (Å²) in [4.78, 5) is 16.9. The van der Waals surface area contributed by atoms with Crippen LogP contribution >= 0.6 is 0 Å². The van der Waals surface area contributed by atoms with Gasteiger partial charge >= 0.3 is 0 Å². The number of nitrogens with zero attached hydrogens (tertiary/aromatic N) is 3. The van der Waals surface area contributed by atoms with Crippen LogP contribution in [0.15, 0.2) is 0 Å². The molecule has 0 aliphatic carbocycles. The summed E-state index contributed by atoms with van der Waals surface area (Å²) in [5.74, 6) is 0.0489. The highest BCUT2D eigenvalue weighted by Gasteiger charge is 2.29.